The van der Waals surface area contributed by atoms with Crippen LogP contribution >= 0.6 is 0 Å². The molecule has 3 heteroatoms. The van der Waals surface area contributed by atoms with Crippen LogP contribution in [0.2, 0.25) is 0 Å². The van der Waals surface area contributed by atoms with E-state index in [1.807, 2.05) is 0 Å². The Morgan fingerprint density at radius 1 is 1.50 bits per heavy atom. The number of carbonyl (C=O) groups excluding carboxylic acids is 1. The monoisotopic (exact) mass is 116 g/mol. The predicted molar refractivity (Wildman–Crippen MR) is 28.5 cm³/mol. The van der Waals surface area contributed by atoms with Crippen LogP contribution in [0.1, 0.15) is 13.8 Å². The molecular formula is C5H10NO2. The third-order valence-electron chi connectivity index (χ3n) is 1.16. The first-order chi connectivity index (χ1) is 3.55. The molecule has 47 valence electrons. The molecular weight excluding hydrogens is 106 g/mol. The maximum Gasteiger partial charge on any atom is 0.359 e. The van der Waals surface area contributed by atoms with Crippen molar-refractivity contribution in [3.8, 4) is 0 Å². The van der Waals surface area contributed by atoms with Crippen molar-refractivity contribution in [1.29, 1.82) is 0 Å². The van der Waals surface area contributed by atoms with E-state index in [9.17, 15) is 9.90 Å². The van der Waals surface area contributed by atoms with Gasteiger partial charge in [0.05, 0.1) is 5.92 Å². The Morgan fingerprint density at radius 2 is 1.88 bits per heavy atom. The van der Waals surface area contributed by atoms with Gasteiger partial charge in [0.1, 0.15) is 0 Å². The van der Waals surface area contributed by atoms with E-state index in [1.165, 1.54) is 6.92 Å². The standard InChI is InChI=1S/C5H10NO2/c1-3(4(2)6)5(7)8/h3-4H,6H2,1-2H3/t3-,4-/m0/s1. The molecule has 0 saturated heterocycles. The molecule has 0 aliphatic carbocycles. The molecule has 3 nitrogen and oxygen atoms in total. The van der Waals surface area contributed by atoms with Crippen LogP contribution in [0.3, 0.4) is 0 Å². The van der Waals surface area contributed by atoms with E-state index in [-0.39, 0.29) is 6.04 Å². The lowest BCUT2D eigenvalue weighted by atomic mass is 10.1. The Labute approximate surface area is 48.5 Å². The van der Waals surface area contributed by atoms with E-state index >= 15 is 0 Å². The van der Waals surface area contributed by atoms with Crippen LogP contribution in [0.15, 0.2) is 0 Å². The molecule has 0 spiro atoms. The third kappa shape index (κ3) is 1.93. The van der Waals surface area contributed by atoms with Gasteiger partial charge in [0, 0.05) is 6.04 Å². The highest BCUT2D eigenvalue weighted by atomic mass is 16.4. The topological polar surface area (TPSA) is 63.0 Å². The smallest absolute Gasteiger partial charge is 0.327 e. The summed E-state index contributed by atoms with van der Waals surface area (Å²) in [6.45, 7) is 3.17. The highest BCUT2D eigenvalue weighted by molar-refractivity contribution is 5.69. The molecule has 0 saturated carbocycles. The second-order valence-electron chi connectivity index (χ2n) is 1.97. The second kappa shape index (κ2) is 2.67. The summed E-state index contributed by atoms with van der Waals surface area (Å²) in [6, 6.07) is -0.319. The molecule has 0 aromatic heterocycles. The van der Waals surface area contributed by atoms with Crippen molar-refractivity contribution in [2.24, 2.45) is 11.7 Å². The van der Waals surface area contributed by atoms with Gasteiger partial charge in [-0.15, -0.1) is 0 Å². The molecule has 2 atom stereocenters. The van der Waals surface area contributed by atoms with Crippen LogP contribution in [0.25, 0.3) is 0 Å². The number of carbonyl (C=O) groups is 1. The van der Waals surface area contributed by atoms with Crippen LogP contribution in [0.4, 0.5) is 0 Å². The minimum atomic E-state index is -1.08. The van der Waals surface area contributed by atoms with E-state index in [2.05, 4.69) is 0 Å². The second-order valence-corrected chi connectivity index (χ2v) is 1.97. The summed E-state index contributed by atoms with van der Waals surface area (Å²) >= 11 is 0. The van der Waals surface area contributed by atoms with Crippen molar-refractivity contribution in [2.75, 3.05) is 0 Å². The molecule has 0 fully saturated rings. The van der Waals surface area contributed by atoms with Crippen molar-refractivity contribution in [3.63, 3.8) is 0 Å². The first-order valence-corrected chi connectivity index (χ1v) is 2.52. The van der Waals surface area contributed by atoms with Crippen LogP contribution in [-0.2, 0) is 9.90 Å². The van der Waals surface area contributed by atoms with Gasteiger partial charge in [-0.25, -0.2) is 9.90 Å². The molecule has 0 aliphatic heterocycles. The van der Waals surface area contributed by atoms with E-state index < -0.39 is 11.9 Å². The Morgan fingerprint density at radius 3 is 1.88 bits per heavy atom. The minimum absolute atomic E-state index is 0.319. The van der Waals surface area contributed by atoms with Gasteiger partial charge in [-0.3, -0.25) is 0 Å². The predicted octanol–water partition coefficient (Wildman–Crippen LogP) is -0.0732. The van der Waals surface area contributed by atoms with Crippen molar-refractivity contribution < 1.29 is 9.90 Å². The van der Waals surface area contributed by atoms with Crippen molar-refractivity contribution >= 4 is 5.97 Å². The molecule has 0 unspecified atom stereocenters. The van der Waals surface area contributed by atoms with Gasteiger partial charge in [0.2, 0.25) is 0 Å². The third-order valence-corrected chi connectivity index (χ3v) is 1.16. The molecule has 1 radical (unpaired) electrons. The van der Waals surface area contributed by atoms with Gasteiger partial charge < -0.3 is 5.73 Å². The molecule has 8 heavy (non-hydrogen) atoms. The molecule has 0 rings (SSSR count). The van der Waals surface area contributed by atoms with E-state index in [0.717, 1.165) is 0 Å². The van der Waals surface area contributed by atoms with Crippen LogP contribution in [0.5, 0.6) is 0 Å². The first-order valence-electron chi connectivity index (χ1n) is 2.52. The lowest BCUT2D eigenvalue weighted by molar-refractivity contribution is -0.147. The molecule has 0 aliphatic rings. The minimum Gasteiger partial charge on any atom is -0.327 e. The molecule has 0 aromatic carbocycles. The fourth-order valence-corrected chi connectivity index (χ4v) is 0.215. The molecule has 0 bridgehead atoms. The quantitative estimate of drug-likeness (QED) is 0.548. The van der Waals surface area contributed by atoms with Crippen molar-refractivity contribution in [1.82, 2.24) is 0 Å². The maximum atomic E-state index is 9.95. The molecule has 0 amide bonds. The van der Waals surface area contributed by atoms with Gasteiger partial charge in [-0.2, -0.15) is 0 Å². The van der Waals surface area contributed by atoms with E-state index in [4.69, 9.17) is 5.73 Å². The Bertz CT molecular complexity index is 90.4. The fourth-order valence-electron chi connectivity index (χ4n) is 0.215. The summed E-state index contributed by atoms with van der Waals surface area (Å²) < 4.78 is 0. The fraction of sp³-hybridized carbons (Fsp3) is 0.800. The zero-order valence-corrected chi connectivity index (χ0v) is 5.05. The summed E-state index contributed by atoms with van der Waals surface area (Å²) in [5.41, 5.74) is 5.22. The van der Waals surface area contributed by atoms with Crippen LogP contribution in [-0.4, -0.2) is 12.0 Å². The summed E-state index contributed by atoms with van der Waals surface area (Å²) in [5.74, 6) is -1.63. The van der Waals surface area contributed by atoms with Gasteiger partial charge in [0.15, 0.2) is 0 Å². The summed E-state index contributed by atoms with van der Waals surface area (Å²) in [5, 5.41) is 9.95. The highest BCUT2D eigenvalue weighted by Gasteiger charge is 2.16. The van der Waals surface area contributed by atoms with Gasteiger partial charge >= 0.3 is 5.97 Å². The molecule has 2 N–H and O–H groups in total. The maximum absolute atomic E-state index is 9.95. The first kappa shape index (κ1) is 7.43. The number of hydrogen-bond acceptors (Lipinski definition) is 2. The average Bonchev–Trinajstić information content (AvgIpc) is 1.64. The van der Waals surface area contributed by atoms with E-state index in [0.29, 0.717) is 0 Å². The zero-order chi connectivity index (χ0) is 6.73. The number of nitrogens with two attached hydrogens (primary N) is 1. The van der Waals surface area contributed by atoms with Gasteiger partial charge in [-0.05, 0) is 6.92 Å². The molecule has 0 heterocycles. The van der Waals surface area contributed by atoms with E-state index in [1.54, 1.807) is 6.92 Å². The lowest BCUT2D eigenvalue weighted by Gasteiger charge is -2.06. The number of rotatable bonds is 2. The summed E-state index contributed by atoms with van der Waals surface area (Å²) in [4.78, 5) is 9.95. The van der Waals surface area contributed by atoms with Crippen molar-refractivity contribution in [3.05, 3.63) is 0 Å². The summed E-state index contributed by atoms with van der Waals surface area (Å²) in [7, 11) is 0. The normalized spacial score (nSPS) is 17.4. The zero-order valence-electron chi connectivity index (χ0n) is 5.05. The lowest BCUT2D eigenvalue weighted by Crippen LogP contribution is -2.29. The van der Waals surface area contributed by atoms with Gasteiger partial charge in [0.25, 0.3) is 0 Å². The Kier molecular flexibility index (Phi) is 2.48. The van der Waals surface area contributed by atoms with Crippen LogP contribution in [0, 0.1) is 5.92 Å². The average molecular weight is 116 g/mol. The van der Waals surface area contributed by atoms with Crippen molar-refractivity contribution in [2.45, 2.75) is 19.9 Å². The Hall–Kier alpha value is -0.570. The SMILES string of the molecule is C[C@H](N)[C@H](C)C([O])=O. The number of hydrogen-bond donors (Lipinski definition) is 1. The van der Waals surface area contributed by atoms with Crippen LogP contribution < -0.4 is 5.73 Å². The summed E-state index contributed by atoms with van der Waals surface area (Å²) in [6.07, 6.45) is 0. The highest BCUT2D eigenvalue weighted by Crippen LogP contribution is 1.97. The van der Waals surface area contributed by atoms with Gasteiger partial charge in [-0.1, -0.05) is 6.92 Å². The largest absolute Gasteiger partial charge is 0.359 e. The Balaban J connectivity index is 3.64. The molecule has 0 aromatic rings.